The van der Waals surface area contributed by atoms with Crippen LogP contribution in [-0.4, -0.2) is 94.1 Å². The number of urea groups is 1. The number of nitrogens with zero attached hydrogens (tertiary/aromatic N) is 5. The van der Waals surface area contributed by atoms with Crippen LogP contribution in [0.4, 0.5) is 10.6 Å². The summed E-state index contributed by atoms with van der Waals surface area (Å²) in [6.07, 6.45) is 2.59. The van der Waals surface area contributed by atoms with Crippen LogP contribution in [0.3, 0.4) is 0 Å². The average molecular weight is 559 g/mol. The summed E-state index contributed by atoms with van der Waals surface area (Å²) in [6, 6.07) is 9.20. The first-order chi connectivity index (χ1) is 18.1. The second-order valence-electron chi connectivity index (χ2n) is 11.3. The number of rotatable bonds is 7. The Morgan fingerprint density at radius 3 is 2.21 bits per heavy atom. The van der Waals surface area contributed by atoms with Gasteiger partial charge in [0.05, 0.1) is 11.2 Å². The summed E-state index contributed by atoms with van der Waals surface area (Å²) < 4.78 is 1.46. The molecule has 3 fully saturated rings. The zero-order chi connectivity index (χ0) is 27.0. The van der Waals surface area contributed by atoms with Crippen molar-refractivity contribution < 1.29 is 9.59 Å². The molecule has 2 atom stereocenters. The van der Waals surface area contributed by atoms with Crippen LogP contribution in [0.5, 0.6) is 0 Å². The van der Waals surface area contributed by atoms with E-state index < -0.39 is 11.2 Å². The number of nitrogens with two attached hydrogens (primary N) is 2. The summed E-state index contributed by atoms with van der Waals surface area (Å²) in [5.41, 5.74) is 12.3. The number of carbonyl (C=O) groups excluding carboxylic acids is 2. The second-order valence-corrected chi connectivity index (χ2v) is 11.3. The van der Waals surface area contributed by atoms with E-state index in [-0.39, 0.29) is 30.2 Å². The number of hydrogen-bond donors (Lipinski definition) is 3. The molecule has 2 saturated heterocycles. The Morgan fingerprint density at radius 1 is 1.03 bits per heavy atom. The van der Waals surface area contributed by atoms with E-state index in [1.807, 2.05) is 24.3 Å². The van der Waals surface area contributed by atoms with Gasteiger partial charge in [-0.05, 0) is 68.3 Å². The van der Waals surface area contributed by atoms with Crippen molar-refractivity contribution in [3.8, 4) is 5.69 Å². The fourth-order valence-corrected chi connectivity index (χ4v) is 5.76. The number of amides is 3. The molecule has 5 rings (SSSR count). The minimum absolute atomic E-state index is 0. The van der Waals surface area contributed by atoms with E-state index in [9.17, 15) is 14.4 Å². The lowest BCUT2D eigenvalue weighted by molar-refractivity contribution is -0.137. The van der Waals surface area contributed by atoms with Gasteiger partial charge < -0.3 is 26.2 Å². The van der Waals surface area contributed by atoms with Crippen molar-refractivity contribution >= 4 is 30.2 Å². The van der Waals surface area contributed by atoms with Gasteiger partial charge in [0.1, 0.15) is 5.82 Å². The average Bonchev–Trinajstić information content (AvgIpc) is 3.38. The number of carbonyl (C=O) groups is 2. The lowest BCUT2D eigenvalue weighted by Gasteiger charge is -2.37. The normalized spacial score (nSPS) is 22.7. The smallest absolute Gasteiger partial charge is 0.338 e. The molecule has 1 saturated carbocycles. The van der Waals surface area contributed by atoms with E-state index >= 15 is 0 Å². The van der Waals surface area contributed by atoms with Crippen molar-refractivity contribution in [1.29, 1.82) is 0 Å². The largest absolute Gasteiger partial charge is 0.354 e. The second kappa shape index (κ2) is 11.6. The number of hydrogen-bond acceptors (Lipinski definition) is 7. The van der Waals surface area contributed by atoms with Crippen LogP contribution in [-0.2, 0) is 11.2 Å². The predicted octanol–water partition coefficient (Wildman–Crippen LogP) is 0.747. The molecule has 39 heavy (non-hydrogen) atoms. The van der Waals surface area contributed by atoms with E-state index in [1.54, 1.807) is 35.9 Å². The van der Waals surface area contributed by atoms with Crippen molar-refractivity contribution in [2.24, 2.45) is 29.2 Å². The number of halogens is 1. The Balaban J connectivity index is 0.00000353. The highest BCUT2D eigenvalue weighted by atomic mass is 35.5. The van der Waals surface area contributed by atoms with E-state index in [4.69, 9.17) is 11.5 Å². The van der Waals surface area contributed by atoms with Gasteiger partial charge in [0, 0.05) is 52.0 Å². The molecule has 3 heterocycles. The number of nitrogens with one attached hydrogen (secondary N) is 1. The molecule has 0 spiro atoms. The van der Waals surface area contributed by atoms with Crippen LogP contribution in [0, 0.1) is 17.8 Å². The molecule has 1 aliphatic carbocycles. The van der Waals surface area contributed by atoms with E-state index in [0.29, 0.717) is 26.2 Å². The van der Waals surface area contributed by atoms with Crippen LogP contribution >= 0.6 is 12.4 Å². The predicted molar refractivity (Wildman–Crippen MR) is 152 cm³/mol. The van der Waals surface area contributed by atoms with Gasteiger partial charge in [0.15, 0.2) is 0 Å². The number of likely N-dealkylation sites (tertiary alicyclic amines) is 1. The Bertz CT molecular complexity index is 1220. The summed E-state index contributed by atoms with van der Waals surface area (Å²) in [6.45, 7) is 9.11. The fraction of sp³-hybridized carbons (Fsp3) is 0.556. The molecule has 11 nitrogen and oxygen atoms in total. The van der Waals surface area contributed by atoms with Crippen molar-refractivity contribution in [3.05, 3.63) is 52.6 Å². The molecule has 12 heteroatoms. The molecule has 5 N–H and O–H groups in total. The minimum atomic E-state index is -0.943. The van der Waals surface area contributed by atoms with Gasteiger partial charge in [0.25, 0.3) is 0 Å². The van der Waals surface area contributed by atoms with Crippen LogP contribution in [0.2, 0.25) is 0 Å². The first kappa shape index (κ1) is 29.0. The van der Waals surface area contributed by atoms with Gasteiger partial charge >= 0.3 is 11.7 Å². The molecule has 2 unspecified atom stereocenters. The molecule has 1 aromatic heterocycles. The Morgan fingerprint density at radius 2 is 1.64 bits per heavy atom. The number of piperidine rings is 1. The zero-order valence-corrected chi connectivity index (χ0v) is 23.4. The van der Waals surface area contributed by atoms with E-state index in [2.05, 4.69) is 15.2 Å². The topological polar surface area (TPSA) is 143 Å². The third kappa shape index (κ3) is 6.43. The molecule has 212 valence electrons. The number of fused-ring (bicyclic) bond motifs is 1. The van der Waals surface area contributed by atoms with Crippen molar-refractivity contribution in [2.45, 2.75) is 25.8 Å². The van der Waals surface area contributed by atoms with E-state index in [0.717, 1.165) is 56.0 Å². The standard InChI is InChI=1S/C27H38N8O3.ClH/c1-27(2,29)24(36)33-11-13-34(14-12-33)25(37)30-23-8-10-35(26(38)31-23)19-5-3-18(4-6-19)7-9-32-16-21-20(15-28)22(21)17-32;/h3-6,8,10,20-22H,7,9,11-17,28-29H2,1-2H3,(H,30,31,37,38);1H. The van der Waals surface area contributed by atoms with Crippen molar-refractivity contribution in [2.75, 3.05) is 57.7 Å². The van der Waals surface area contributed by atoms with Crippen LogP contribution in [0.15, 0.2) is 41.3 Å². The molecule has 0 radical (unpaired) electrons. The van der Waals surface area contributed by atoms with Gasteiger partial charge in [0.2, 0.25) is 5.91 Å². The first-order valence-electron chi connectivity index (χ1n) is 13.4. The zero-order valence-electron chi connectivity index (χ0n) is 22.6. The summed E-state index contributed by atoms with van der Waals surface area (Å²) in [5, 5.41) is 2.69. The SMILES string of the molecule is CC(C)(N)C(=O)N1CCN(C(=O)Nc2ccn(-c3ccc(CCN4CC5C(CN)C5C4)cc3)c(=O)n2)CC1.Cl. The third-order valence-corrected chi connectivity index (χ3v) is 8.09. The lowest BCUT2D eigenvalue weighted by atomic mass is 10.1. The van der Waals surface area contributed by atoms with Crippen LogP contribution in [0.25, 0.3) is 5.69 Å². The highest BCUT2D eigenvalue weighted by molar-refractivity contribution is 5.89. The quantitative estimate of drug-likeness (QED) is 0.455. The van der Waals surface area contributed by atoms with Crippen LogP contribution < -0.4 is 22.5 Å². The third-order valence-electron chi connectivity index (χ3n) is 8.09. The van der Waals surface area contributed by atoms with Gasteiger partial charge in [-0.1, -0.05) is 12.1 Å². The monoisotopic (exact) mass is 558 g/mol. The number of anilines is 1. The number of piperazine rings is 1. The molecule has 0 bridgehead atoms. The maximum atomic E-state index is 12.7. The molecular weight excluding hydrogens is 520 g/mol. The van der Waals surface area contributed by atoms with Crippen LogP contribution in [0.1, 0.15) is 19.4 Å². The molecule has 3 amide bonds. The summed E-state index contributed by atoms with van der Waals surface area (Å²) in [5.74, 6) is 2.41. The number of benzene rings is 1. The Kier molecular flexibility index (Phi) is 8.65. The highest BCUT2D eigenvalue weighted by Gasteiger charge is 2.54. The maximum absolute atomic E-state index is 12.7. The number of aromatic nitrogens is 2. The van der Waals surface area contributed by atoms with Gasteiger partial charge in [-0.25, -0.2) is 9.59 Å². The van der Waals surface area contributed by atoms with E-state index in [1.165, 1.54) is 10.1 Å². The summed E-state index contributed by atoms with van der Waals surface area (Å²) >= 11 is 0. The molecule has 1 aromatic carbocycles. The minimum Gasteiger partial charge on any atom is -0.338 e. The fourth-order valence-electron chi connectivity index (χ4n) is 5.76. The highest BCUT2D eigenvalue weighted by Crippen LogP contribution is 2.50. The van der Waals surface area contributed by atoms with Gasteiger partial charge in [-0.2, -0.15) is 4.98 Å². The molecular formula is C27H39ClN8O3. The Hall–Kier alpha value is -2.99. The molecule has 3 aliphatic rings. The Labute approximate surface area is 234 Å². The van der Waals surface area contributed by atoms with Crippen molar-refractivity contribution in [1.82, 2.24) is 24.3 Å². The lowest BCUT2D eigenvalue weighted by Crippen LogP contribution is -2.58. The molecule has 2 aromatic rings. The first-order valence-corrected chi connectivity index (χ1v) is 13.4. The summed E-state index contributed by atoms with van der Waals surface area (Å²) in [7, 11) is 0. The van der Waals surface area contributed by atoms with Gasteiger partial charge in [-0.15, -0.1) is 12.4 Å². The van der Waals surface area contributed by atoms with Crippen molar-refractivity contribution in [3.63, 3.8) is 0 Å². The van der Waals surface area contributed by atoms with Gasteiger partial charge in [-0.3, -0.25) is 14.7 Å². The molecule has 2 aliphatic heterocycles. The maximum Gasteiger partial charge on any atom is 0.354 e. The summed E-state index contributed by atoms with van der Waals surface area (Å²) in [4.78, 5) is 47.6.